The lowest BCUT2D eigenvalue weighted by molar-refractivity contribution is 0.318. The highest BCUT2D eigenvalue weighted by molar-refractivity contribution is 7.87. The predicted molar refractivity (Wildman–Crippen MR) is 77.6 cm³/mol. The molecule has 0 aliphatic rings. The van der Waals surface area contributed by atoms with Crippen molar-refractivity contribution in [3.8, 4) is 0 Å². The first-order valence-corrected chi connectivity index (χ1v) is 7.63. The Hall–Kier alpha value is -1.64. The molecule has 0 heterocycles. The van der Waals surface area contributed by atoms with E-state index in [-0.39, 0.29) is 18.3 Å². The topological polar surface area (TPSA) is 117 Å². The third kappa shape index (κ3) is 5.55. The van der Waals surface area contributed by atoms with Crippen LogP contribution in [0.15, 0.2) is 29.4 Å². The predicted octanol–water partition coefficient (Wildman–Crippen LogP) is 0.361. The molecule has 0 saturated heterocycles. The molecule has 0 aliphatic carbocycles. The van der Waals surface area contributed by atoms with Gasteiger partial charge in [-0.2, -0.15) is 13.1 Å². The molecule has 0 bridgehead atoms. The zero-order chi connectivity index (χ0) is 15.2. The second-order valence-electron chi connectivity index (χ2n) is 4.75. The van der Waals surface area contributed by atoms with Crippen molar-refractivity contribution in [1.29, 1.82) is 0 Å². The summed E-state index contributed by atoms with van der Waals surface area (Å²) < 4.78 is 28.2. The number of hydrogen-bond donors (Lipinski definition) is 4. The molecule has 8 heteroatoms. The van der Waals surface area contributed by atoms with Gasteiger partial charge < -0.3 is 10.9 Å². The molecule has 112 valence electrons. The van der Waals surface area contributed by atoms with E-state index in [9.17, 15) is 8.42 Å². The average Bonchev–Trinajstić information content (AvgIpc) is 2.43. The molecule has 0 amide bonds. The summed E-state index contributed by atoms with van der Waals surface area (Å²) in [6.45, 7) is 4.41. The second-order valence-corrected chi connectivity index (χ2v) is 6.33. The van der Waals surface area contributed by atoms with Crippen LogP contribution < -0.4 is 15.2 Å². The average molecular weight is 300 g/mol. The molecule has 0 saturated carbocycles. The summed E-state index contributed by atoms with van der Waals surface area (Å²) >= 11 is 0. The van der Waals surface area contributed by atoms with Crippen molar-refractivity contribution < 1.29 is 13.6 Å². The second kappa shape index (κ2) is 7.22. The van der Waals surface area contributed by atoms with E-state index < -0.39 is 10.2 Å². The minimum Gasteiger partial charge on any atom is -0.409 e. The number of nitrogens with zero attached hydrogens (tertiary/aromatic N) is 1. The Balaban J connectivity index is 2.58. The third-order valence-corrected chi connectivity index (χ3v) is 3.58. The number of rotatable bonds is 7. The van der Waals surface area contributed by atoms with Crippen LogP contribution in [0, 0.1) is 5.92 Å². The first-order valence-electron chi connectivity index (χ1n) is 6.15. The van der Waals surface area contributed by atoms with Crippen molar-refractivity contribution in [2.45, 2.75) is 20.4 Å². The van der Waals surface area contributed by atoms with Crippen LogP contribution in [-0.4, -0.2) is 26.0 Å². The summed E-state index contributed by atoms with van der Waals surface area (Å²) in [5.41, 5.74) is 6.77. The number of hydrogen-bond acceptors (Lipinski definition) is 4. The van der Waals surface area contributed by atoms with E-state index in [1.165, 1.54) is 0 Å². The Morgan fingerprint density at radius 1 is 1.30 bits per heavy atom. The van der Waals surface area contributed by atoms with E-state index in [1.807, 2.05) is 13.8 Å². The first kappa shape index (κ1) is 16.4. The zero-order valence-electron chi connectivity index (χ0n) is 11.5. The van der Waals surface area contributed by atoms with Crippen molar-refractivity contribution >= 4 is 16.0 Å². The van der Waals surface area contributed by atoms with Crippen LogP contribution in [0.25, 0.3) is 0 Å². The minimum atomic E-state index is -3.49. The van der Waals surface area contributed by atoms with Gasteiger partial charge in [-0.3, -0.25) is 0 Å². The van der Waals surface area contributed by atoms with Crippen LogP contribution in [0.1, 0.15) is 25.0 Å². The maximum Gasteiger partial charge on any atom is 0.277 e. The van der Waals surface area contributed by atoms with Gasteiger partial charge in [0.25, 0.3) is 10.2 Å². The fraction of sp³-hybridized carbons (Fsp3) is 0.417. The zero-order valence-corrected chi connectivity index (χ0v) is 12.3. The Bertz CT molecular complexity index is 553. The molecule has 5 N–H and O–H groups in total. The molecule has 1 rings (SSSR count). The van der Waals surface area contributed by atoms with Gasteiger partial charge in [0.05, 0.1) is 0 Å². The van der Waals surface area contributed by atoms with Gasteiger partial charge >= 0.3 is 0 Å². The van der Waals surface area contributed by atoms with E-state index in [0.29, 0.717) is 12.1 Å². The lowest BCUT2D eigenvalue weighted by Gasteiger charge is -2.10. The summed E-state index contributed by atoms with van der Waals surface area (Å²) in [5.74, 6) is 0.252. The highest BCUT2D eigenvalue weighted by atomic mass is 32.2. The summed E-state index contributed by atoms with van der Waals surface area (Å²) in [5, 5.41) is 11.4. The molecule has 0 spiro atoms. The largest absolute Gasteiger partial charge is 0.409 e. The molecule has 0 fully saturated rings. The van der Waals surface area contributed by atoms with Gasteiger partial charge in [0.2, 0.25) is 0 Å². The normalized spacial score (nSPS) is 12.8. The molecule has 0 atom stereocenters. The van der Waals surface area contributed by atoms with E-state index in [2.05, 4.69) is 14.6 Å². The monoisotopic (exact) mass is 300 g/mol. The van der Waals surface area contributed by atoms with Crippen molar-refractivity contribution in [2.75, 3.05) is 6.54 Å². The third-order valence-electron chi connectivity index (χ3n) is 2.51. The van der Waals surface area contributed by atoms with Gasteiger partial charge in [-0.25, -0.2) is 4.72 Å². The molecule has 1 aromatic rings. The molecular formula is C12H20N4O3S. The standard InChI is InChI=1S/C12H20N4O3S/c1-9(2)7-14-20(18,19)15-8-10-3-5-11(6-4-10)12(13)16-17/h3-6,9,14-15,17H,7-8H2,1-2H3,(H2,13,16). The summed E-state index contributed by atoms with van der Waals surface area (Å²) in [6.07, 6.45) is 0. The summed E-state index contributed by atoms with van der Waals surface area (Å²) in [6, 6.07) is 6.72. The minimum absolute atomic E-state index is 0.00994. The molecular weight excluding hydrogens is 280 g/mol. The van der Waals surface area contributed by atoms with Crippen LogP contribution in [0.5, 0.6) is 0 Å². The molecule has 7 nitrogen and oxygen atoms in total. The molecule has 0 aromatic heterocycles. The van der Waals surface area contributed by atoms with Crippen LogP contribution in [-0.2, 0) is 16.8 Å². The van der Waals surface area contributed by atoms with Gasteiger partial charge in [0.15, 0.2) is 5.84 Å². The lowest BCUT2D eigenvalue weighted by Crippen LogP contribution is -2.37. The highest BCUT2D eigenvalue weighted by Gasteiger charge is 2.09. The molecule has 0 unspecified atom stereocenters. The van der Waals surface area contributed by atoms with E-state index in [4.69, 9.17) is 10.9 Å². The fourth-order valence-corrected chi connectivity index (χ4v) is 2.37. The van der Waals surface area contributed by atoms with Crippen molar-refractivity contribution in [2.24, 2.45) is 16.8 Å². The van der Waals surface area contributed by atoms with Gasteiger partial charge in [-0.05, 0) is 11.5 Å². The number of benzene rings is 1. The SMILES string of the molecule is CC(C)CNS(=O)(=O)NCc1ccc(/C(N)=N/O)cc1. The smallest absolute Gasteiger partial charge is 0.277 e. The van der Waals surface area contributed by atoms with Crippen LogP contribution >= 0.6 is 0 Å². The fourth-order valence-electron chi connectivity index (χ4n) is 1.36. The number of amidine groups is 1. The quantitative estimate of drug-likeness (QED) is 0.252. The van der Waals surface area contributed by atoms with E-state index >= 15 is 0 Å². The first-order chi connectivity index (χ1) is 9.34. The summed E-state index contributed by atoms with van der Waals surface area (Å²) in [7, 11) is -3.49. The summed E-state index contributed by atoms with van der Waals surface area (Å²) in [4.78, 5) is 0. The molecule has 20 heavy (non-hydrogen) atoms. The van der Waals surface area contributed by atoms with Gasteiger partial charge in [-0.1, -0.05) is 43.3 Å². The number of nitrogens with one attached hydrogen (secondary N) is 2. The maximum absolute atomic E-state index is 11.6. The highest BCUT2D eigenvalue weighted by Crippen LogP contribution is 2.04. The van der Waals surface area contributed by atoms with Crippen LogP contribution in [0.2, 0.25) is 0 Å². The van der Waals surface area contributed by atoms with Gasteiger partial charge in [0, 0.05) is 18.7 Å². The van der Waals surface area contributed by atoms with E-state index in [0.717, 1.165) is 5.56 Å². The van der Waals surface area contributed by atoms with Crippen LogP contribution in [0.4, 0.5) is 0 Å². The molecule has 1 aromatic carbocycles. The number of nitrogens with two attached hydrogens (primary N) is 1. The van der Waals surface area contributed by atoms with Gasteiger partial charge in [-0.15, -0.1) is 0 Å². The van der Waals surface area contributed by atoms with Crippen molar-refractivity contribution in [3.63, 3.8) is 0 Å². The van der Waals surface area contributed by atoms with Gasteiger partial charge in [0.1, 0.15) is 0 Å². The lowest BCUT2D eigenvalue weighted by atomic mass is 10.1. The molecule has 0 aliphatic heterocycles. The van der Waals surface area contributed by atoms with Crippen molar-refractivity contribution in [1.82, 2.24) is 9.44 Å². The molecule has 0 radical (unpaired) electrons. The Morgan fingerprint density at radius 2 is 1.90 bits per heavy atom. The Kier molecular flexibility index (Phi) is 5.93. The van der Waals surface area contributed by atoms with E-state index in [1.54, 1.807) is 24.3 Å². The Labute approximate surface area is 119 Å². The Morgan fingerprint density at radius 3 is 2.40 bits per heavy atom. The maximum atomic E-state index is 11.6. The number of oxime groups is 1. The van der Waals surface area contributed by atoms with Crippen LogP contribution in [0.3, 0.4) is 0 Å². The van der Waals surface area contributed by atoms with Crippen molar-refractivity contribution in [3.05, 3.63) is 35.4 Å².